The molecule has 0 aromatic rings. The Balaban J connectivity index is 3.34. The second-order valence-corrected chi connectivity index (χ2v) is 27.8. The smallest absolute Gasteiger partial charge is 0.305 e. The van der Waals surface area contributed by atoms with E-state index in [1.807, 2.05) is 0 Å². The number of carbonyl (C=O) groups excluding carboxylic acids is 2. The van der Waals surface area contributed by atoms with Crippen LogP contribution in [-0.4, -0.2) is 47.4 Å². The first-order valence-electron chi connectivity index (χ1n) is 39.9. The van der Waals surface area contributed by atoms with Gasteiger partial charge in [-0.05, 0) is 51.4 Å². The molecule has 512 valence electrons. The highest BCUT2D eigenvalue weighted by Crippen LogP contribution is 2.20. The normalized spacial score (nSPS) is 12.5. The molecule has 0 spiro atoms. The topological polar surface area (TPSA) is 95.9 Å². The molecule has 0 aromatic heterocycles. The van der Waals surface area contributed by atoms with Crippen molar-refractivity contribution in [3.05, 3.63) is 12.2 Å². The minimum atomic E-state index is -0.663. The van der Waals surface area contributed by atoms with Gasteiger partial charge in [0, 0.05) is 12.8 Å². The van der Waals surface area contributed by atoms with E-state index in [1.54, 1.807) is 0 Å². The van der Waals surface area contributed by atoms with Gasteiger partial charge in [-0.2, -0.15) is 0 Å². The second kappa shape index (κ2) is 76.1. The summed E-state index contributed by atoms with van der Waals surface area (Å²) in [6.45, 7) is 5.02. The third-order valence-electron chi connectivity index (χ3n) is 19.1. The van der Waals surface area contributed by atoms with Crippen molar-refractivity contribution in [3.8, 4) is 0 Å². The van der Waals surface area contributed by atoms with Crippen molar-refractivity contribution in [1.29, 1.82) is 0 Å². The van der Waals surface area contributed by atoms with Gasteiger partial charge < -0.3 is 20.3 Å². The van der Waals surface area contributed by atoms with Crippen molar-refractivity contribution < 1.29 is 24.5 Å². The van der Waals surface area contributed by atoms with Gasteiger partial charge in [0.1, 0.15) is 0 Å². The molecule has 6 heteroatoms. The molecule has 6 nitrogen and oxygen atoms in total. The molecule has 0 aliphatic carbocycles. The Morgan fingerprint density at radius 3 is 0.826 bits per heavy atom. The van der Waals surface area contributed by atoms with Crippen LogP contribution in [0.3, 0.4) is 0 Å². The number of hydrogen-bond acceptors (Lipinski definition) is 5. The Bertz CT molecular complexity index is 1300. The van der Waals surface area contributed by atoms with Gasteiger partial charge in [-0.1, -0.05) is 411 Å². The number of amides is 1. The first-order chi connectivity index (χ1) is 42.5. The molecule has 2 atom stereocenters. The SMILES string of the molecule is CCCCCCCCCCCCCCCCCCCCCC(=O)OCCCCCCCCCCCCCC/C=C\CCCCCCCCCCCCCCCCCC(=O)NC(CO)C(O)CCCCCCCCCCCCCCCCCCCCC. The number of allylic oxidation sites excluding steroid dienone is 2. The number of esters is 1. The van der Waals surface area contributed by atoms with Crippen LogP contribution in [-0.2, 0) is 14.3 Å². The van der Waals surface area contributed by atoms with Crippen LogP contribution in [0.4, 0.5) is 0 Å². The van der Waals surface area contributed by atoms with Gasteiger partial charge in [-0.25, -0.2) is 0 Å². The zero-order valence-electron chi connectivity index (χ0n) is 58.8. The van der Waals surface area contributed by atoms with Crippen molar-refractivity contribution in [2.24, 2.45) is 0 Å². The molecule has 0 rings (SSSR count). The Labute approximate surface area is 539 Å². The van der Waals surface area contributed by atoms with Crippen molar-refractivity contribution in [1.82, 2.24) is 5.32 Å². The van der Waals surface area contributed by atoms with Crippen LogP contribution in [0.1, 0.15) is 463 Å². The highest BCUT2D eigenvalue weighted by Gasteiger charge is 2.20. The van der Waals surface area contributed by atoms with Gasteiger partial charge >= 0.3 is 5.97 Å². The molecule has 86 heavy (non-hydrogen) atoms. The molecule has 1 amide bonds. The van der Waals surface area contributed by atoms with E-state index in [4.69, 9.17) is 4.74 Å². The van der Waals surface area contributed by atoms with Crippen LogP contribution in [0.2, 0.25) is 0 Å². The third-order valence-corrected chi connectivity index (χ3v) is 19.1. The molecule has 0 aliphatic rings. The third kappa shape index (κ3) is 71.7. The van der Waals surface area contributed by atoms with Crippen LogP contribution < -0.4 is 5.32 Å². The summed E-state index contributed by atoms with van der Waals surface area (Å²) in [5.74, 6) is -0.00381. The number of ether oxygens (including phenoxy) is 1. The molecule has 0 saturated heterocycles. The largest absolute Gasteiger partial charge is 0.466 e. The summed E-state index contributed by atoms with van der Waals surface area (Å²) < 4.78 is 5.52. The minimum Gasteiger partial charge on any atom is -0.466 e. The number of rotatable bonds is 76. The lowest BCUT2D eigenvalue weighted by Crippen LogP contribution is -2.45. The summed E-state index contributed by atoms with van der Waals surface area (Å²) in [4.78, 5) is 24.7. The molecule has 0 heterocycles. The first kappa shape index (κ1) is 84.6. The van der Waals surface area contributed by atoms with Crippen LogP contribution in [0.25, 0.3) is 0 Å². The van der Waals surface area contributed by atoms with Gasteiger partial charge in [0.2, 0.25) is 5.91 Å². The standard InChI is InChI=1S/C80H157NO5/c1-3-5-7-9-11-13-15-17-19-21-36-40-44-48-52-56-60-64-68-72-78(83)77(76-82)81-79(84)73-69-65-61-57-53-49-45-41-38-34-32-30-28-26-24-23-25-27-29-31-33-35-39-43-47-51-55-59-63-67-71-75-86-80(85)74-70-66-62-58-54-50-46-42-37-22-20-18-16-14-12-10-8-6-4-2/h25,27,77-78,82-83H,3-24,26,28-76H2,1-2H3,(H,81,84)/b27-25-. The van der Waals surface area contributed by atoms with Crippen molar-refractivity contribution >= 4 is 11.9 Å². The summed E-state index contributed by atoms with van der Waals surface area (Å²) >= 11 is 0. The molecule has 3 N–H and O–H groups in total. The maximum Gasteiger partial charge on any atom is 0.305 e. The van der Waals surface area contributed by atoms with Gasteiger partial charge in [-0.3, -0.25) is 9.59 Å². The van der Waals surface area contributed by atoms with Gasteiger partial charge in [0.15, 0.2) is 0 Å². The van der Waals surface area contributed by atoms with Crippen LogP contribution in [0.15, 0.2) is 12.2 Å². The van der Waals surface area contributed by atoms with E-state index in [-0.39, 0.29) is 18.5 Å². The number of unbranched alkanes of at least 4 members (excludes halogenated alkanes) is 63. The zero-order valence-corrected chi connectivity index (χ0v) is 58.8. The molecular weight excluding hydrogens is 1050 g/mol. The fourth-order valence-electron chi connectivity index (χ4n) is 13.0. The van der Waals surface area contributed by atoms with Crippen LogP contribution in [0, 0.1) is 0 Å². The monoisotopic (exact) mass is 1210 g/mol. The summed E-state index contributed by atoms with van der Waals surface area (Å²) in [5, 5.41) is 23.4. The Morgan fingerprint density at radius 2 is 0.547 bits per heavy atom. The Morgan fingerprint density at radius 1 is 0.314 bits per heavy atom. The number of nitrogens with one attached hydrogen (secondary N) is 1. The maximum atomic E-state index is 12.6. The predicted molar refractivity (Wildman–Crippen MR) is 380 cm³/mol. The number of aliphatic hydroxyl groups excluding tert-OH is 2. The molecule has 2 unspecified atom stereocenters. The van der Waals surface area contributed by atoms with Crippen LogP contribution >= 0.6 is 0 Å². The summed E-state index contributed by atoms with van der Waals surface area (Å²) in [7, 11) is 0. The Hall–Kier alpha value is -1.40. The zero-order chi connectivity index (χ0) is 62.0. The number of aliphatic hydroxyl groups is 2. The summed E-state index contributed by atoms with van der Waals surface area (Å²) in [5.41, 5.74) is 0. The quantitative estimate of drug-likeness (QED) is 0.0320. The average Bonchev–Trinajstić information content (AvgIpc) is 3.54. The highest BCUT2D eigenvalue weighted by molar-refractivity contribution is 5.76. The highest BCUT2D eigenvalue weighted by atomic mass is 16.5. The van der Waals surface area contributed by atoms with Crippen molar-refractivity contribution in [3.63, 3.8) is 0 Å². The first-order valence-corrected chi connectivity index (χ1v) is 39.9. The average molecular weight is 1210 g/mol. The van der Waals surface area contributed by atoms with Gasteiger partial charge in [0.25, 0.3) is 0 Å². The fourth-order valence-corrected chi connectivity index (χ4v) is 13.0. The van der Waals surface area contributed by atoms with E-state index in [9.17, 15) is 19.8 Å². The minimum absolute atomic E-state index is 0.0239. The van der Waals surface area contributed by atoms with Crippen molar-refractivity contribution in [2.75, 3.05) is 13.2 Å². The maximum absolute atomic E-state index is 12.6. The van der Waals surface area contributed by atoms with E-state index >= 15 is 0 Å². The molecule has 0 aliphatic heterocycles. The Kier molecular flexibility index (Phi) is 74.8. The van der Waals surface area contributed by atoms with E-state index < -0.39 is 12.1 Å². The summed E-state index contributed by atoms with van der Waals surface area (Å²) in [6, 6.07) is -0.540. The second-order valence-electron chi connectivity index (χ2n) is 27.8. The van der Waals surface area contributed by atoms with Crippen molar-refractivity contribution in [2.45, 2.75) is 475 Å². The molecule has 0 saturated carbocycles. The molecule has 0 fully saturated rings. The van der Waals surface area contributed by atoms with E-state index in [0.29, 0.717) is 25.9 Å². The summed E-state index contributed by atoms with van der Waals surface area (Å²) in [6.07, 6.45) is 95.9. The number of carbonyl (C=O) groups is 2. The molecular formula is C80H157NO5. The van der Waals surface area contributed by atoms with Gasteiger partial charge in [-0.15, -0.1) is 0 Å². The van der Waals surface area contributed by atoms with Gasteiger partial charge in [0.05, 0.1) is 25.4 Å². The lowest BCUT2D eigenvalue weighted by Gasteiger charge is -2.22. The van der Waals surface area contributed by atoms with E-state index in [0.717, 1.165) is 38.5 Å². The van der Waals surface area contributed by atoms with Crippen LogP contribution in [0.5, 0.6) is 0 Å². The molecule has 0 bridgehead atoms. The fraction of sp³-hybridized carbons (Fsp3) is 0.950. The predicted octanol–water partition coefficient (Wildman–Crippen LogP) is 26.3. The van der Waals surface area contributed by atoms with E-state index in [2.05, 4.69) is 31.3 Å². The van der Waals surface area contributed by atoms with E-state index in [1.165, 1.54) is 392 Å². The lowest BCUT2D eigenvalue weighted by atomic mass is 10.0. The molecule has 0 radical (unpaired) electrons. The lowest BCUT2D eigenvalue weighted by molar-refractivity contribution is -0.143. The molecule has 0 aromatic carbocycles. The number of hydrogen-bond donors (Lipinski definition) is 3.